The summed E-state index contributed by atoms with van der Waals surface area (Å²) in [5.74, 6) is 1.40. The van der Waals surface area contributed by atoms with Gasteiger partial charge in [-0.3, -0.25) is 10.2 Å². The number of pyridine rings is 2. The molecule has 1 saturated carbocycles. The van der Waals surface area contributed by atoms with Crippen molar-refractivity contribution in [2.24, 2.45) is 5.92 Å². The molecule has 2 fully saturated rings. The maximum Gasteiger partial charge on any atom is 0.227 e. The Labute approximate surface area is 221 Å². The Bertz CT molecular complexity index is 1490. The number of allylic oxidation sites excluding steroid dienone is 3. The molecule has 1 aliphatic carbocycles. The molecular weight excluding hydrogens is 476 g/mol. The summed E-state index contributed by atoms with van der Waals surface area (Å²) in [6.07, 6.45) is 17.5. The number of nitrogens with zero attached hydrogens (tertiary/aromatic N) is 3. The van der Waals surface area contributed by atoms with Gasteiger partial charge in [0, 0.05) is 71.6 Å². The minimum absolute atomic E-state index is 0.0588. The minimum atomic E-state index is 0.0588. The third-order valence-electron chi connectivity index (χ3n) is 7.63. The van der Waals surface area contributed by atoms with Crippen LogP contribution in [0.4, 0.5) is 11.6 Å². The van der Waals surface area contributed by atoms with Crippen LogP contribution in [-0.2, 0) is 4.79 Å². The second kappa shape index (κ2) is 10.2. The number of carbonyl (C=O) groups excluding carboxylic acids is 1. The molecule has 0 atom stereocenters. The van der Waals surface area contributed by atoms with Crippen LogP contribution >= 0.6 is 0 Å². The number of amides is 1. The van der Waals surface area contributed by atoms with Crippen LogP contribution in [-0.4, -0.2) is 39.7 Å². The van der Waals surface area contributed by atoms with Gasteiger partial charge < -0.3 is 26.3 Å². The van der Waals surface area contributed by atoms with Crippen LogP contribution in [0.3, 0.4) is 0 Å². The van der Waals surface area contributed by atoms with E-state index in [0.717, 1.165) is 60.2 Å². The van der Waals surface area contributed by atoms with Crippen molar-refractivity contribution >= 4 is 39.7 Å². The number of nitrogen functional groups attached to an aromatic ring is 1. The molecule has 2 aliphatic heterocycles. The van der Waals surface area contributed by atoms with Gasteiger partial charge >= 0.3 is 0 Å². The molecule has 0 bridgehead atoms. The summed E-state index contributed by atoms with van der Waals surface area (Å²) in [7, 11) is 0. The molecule has 9 heteroatoms. The molecule has 194 valence electrons. The summed E-state index contributed by atoms with van der Waals surface area (Å²) in [6.45, 7) is 2.00. The average Bonchev–Trinajstić information content (AvgIpc) is 3.21. The second-order valence-corrected chi connectivity index (χ2v) is 10.2. The quantitative estimate of drug-likeness (QED) is 0.317. The van der Waals surface area contributed by atoms with E-state index in [4.69, 9.17) is 11.1 Å². The van der Waals surface area contributed by atoms with E-state index in [1.54, 1.807) is 12.4 Å². The van der Waals surface area contributed by atoms with E-state index >= 15 is 0 Å². The number of H-pyrrole nitrogens is 1. The van der Waals surface area contributed by atoms with Crippen molar-refractivity contribution in [1.29, 1.82) is 5.41 Å². The maximum atomic E-state index is 12.5. The lowest BCUT2D eigenvalue weighted by molar-refractivity contribution is -0.126. The van der Waals surface area contributed by atoms with E-state index in [0.29, 0.717) is 17.0 Å². The van der Waals surface area contributed by atoms with E-state index in [9.17, 15) is 4.79 Å². The zero-order valence-corrected chi connectivity index (χ0v) is 21.3. The van der Waals surface area contributed by atoms with Gasteiger partial charge in [0.25, 0.3) is 0 Å². The first-order chi connectivity index (χ1) is 18.6. The maximum absolute atomic E-state index is 12.5. The van der Waals surface area contributed by atoms with Crippen molar-refractivity contribution in [3.8, 4) is 0 Å². The largest absolute Gasteiger partial charge is 0.383 e. The van der Waals surface area contributed by atoms with Gasteiger partial charge in [-0.25, -0.2) is 9.97 Å². The number of aromatic amines is 1. The Balaban J connectivity index is 1.29. The summed E-state index contributed by atoms with van der Waals surface area (Å²) >= 11 is 0. The highest BCUT2D eigenvalue weighted by Crippen LogP contribution is 2.30. The normalized spacial score (nSPS) is 17.7. The first-order valence-corrected chi connectivity index (χ1v) is 13.3. The molecular formula is C29H32N8O. The van der Waals surface area contributed by atoms with Gasteiger partial charge in [-0.2, -0.15) is 0 Å². The molecule has 1 saturated heterocycles. The highest BCUT2D eigenvalue weighted by Gasteiger charge is 2.25. The Hall–Kier alpha value is -4.40. The van der Waals surface area contributed by atoms with Gasteiger partial charge in [0.2, 0.25) is 5.91 Å². The lowest BCUT2D eigenvalue weighted by Gasteiger charge is -2.28. The van der Waals surface area contributed by atoms with Crippen molar-refractivity contribution in [2.75, 3.05) is 23.7 Å². The Morgan fingerprint density at radius 1 is 1.13 bits per heavy atom. The lowest BCUT2D eigenvalue weighted by atomic mass is 9.85. The number of hydrogen-bond acceptors (Lipinski definition) is 7. The Morgan fingerprint density at radius 2 is 1.97 bits per heavy atom. The number of rotatable bonds is 6. The fourth-order valence-corrected chi connectivity index (χ4v) is 5.20. The zero-order chi connectivity index (χ0) is 26.1. The zero-order valence-electron chi connectivity index (χ0n) is 21.3. The van der Waals surface area contributed by atoms with Crippen LogP contribution in [0.1, 0.15) is 55.3 Å². The van der Waals surface area contributed by atoms with Gasteiger partial charge in [-0.05, 0) is 62.5 Å². The molecule has 1 amide bonds. The first kappa shape index (κ1) is 24.0. The van der Waals surface area contributed by atoms with E-state index < -0.39 is 0 Å². The molecule has 3 aromatic rings. The number of hydrogen-bond donors (Lipinski definition) is 5. The van der Waals surface area contributed by atoms with Crippen molar-refractivity contribution in [3.05, 3.63) is 77.7 Å². The van der Waals surface area contributed by atoms with Gasteiger partial charge in [0.05, 0.1) is 16.9 Å². The van der Waals surface area contributed by atoms with E-state index in [1.807, 2.05) is 42.7 Å². The van der Waals surface area contributed by atoms with Crippen LogP contribution in [0.15, 0.2) is 60.8 Å². The third kappa shape index (κ3) is 4.67. The molecule has 6 N–H and O–H groups in total. The van der Waals surface area contributed by atoms with E-state index in [1.165, 1.54) is 19.3 Å². The van der Waals surface area contributed by atoms with Crippen molar-refractivity contribution < 1.29 is 4.79 Å². The SMILES string of the molecule is N=C(c1cc2c(N3CCCCC3)nccc2[nH]1)c1cc(C2=CNC=CC(NC(=O)C3CCC3)=C2)cnc1N. The minimum Gasteiger partial charge on any atom is -0.383 e. The molecule has 6 rings (SSSR count). The van der Waals surface area contributed by atoms with Crippen LogP contribution in [0.2, 0.25) is 0 Å². The van der Waals surface area contributed by atoms with Gasteiger partial charge in [-0.1, -0.05) is 6.42 Å². The summed E-state index contributed by atoms with van der Waals surface area (Å²) in [4.78, 5) is 27.3. The molecule has 3 aromatic heterocycles. The number of nitrogens with one attached hydrogen (secondary N) is 4. The summed E-state index contributed by atoms with van der Waals surface area (Å²) in [5, 5.41) is 16.2. The number of carbonyl (C=O) groups is 1. The highest BCUT2D eigenvalue weighted by molar-refractivity contribution is 6.15. The summed E-state index contributed by atoms with van der Waals surface area (Å²) in [6, 6.07) is 5.81. The van der Waals surface area contributed by atoms with Gasteiger partial charge in [0.15, 0.2) is 0 Å². The molecule has 3 aliphatic rings. The first-order valence-electron chi connectivity index (χ1n) is 13.3. The second-order valence-electron chi connectivity index (χ2n) is 10.2. The van der Waals surface area contributed by atoms with Crippen LogP contribution in [0.5, 0.6) is 0 Å². The van der Waals surface area contributed by atoms with Gasteiger partial charge in [-0.15, -0.1) is 0 Å². The molecule has 0 spiro atoms. The lowest BCUT2D eigenvalue weighted by Crippen LogP contribution is -2.33. The van der Waals surface area contributed by atoms with Crippen LogP contribution in [0, 0.1) is 11.3 Å². The fourth-order valence-electron chi connectivity index (χ4n) is 5.20. The van der Waals surface area contributed by atoms with Gasteiger partial charge in [0.1, 0.15) is 11.6 Å². The molecule has 0 unspecified atom stereocenters. The smallest absolute Gasteiger partial charge is 0.227 e. The number of fused-ring (bicyclic) bond motifs is 1. The standard InChI is InChI=1S/C29H32N8O/c30-26(25-15-22-24(36-25)8-10-33-28(22)37-11-2-1-3-12-37)23-14-20(17-34-27(23)31)19-13-21(7-9-32-16-19)35-29(38)18-5-4-6-18/h7-10,13-18,30,32,36H,1-6,11-12H2,(H2,31,34)(H,35,38). The molecule has 0 aromatic carbocycles. The number of anilines is 2. The molecule has 9 nitrogen and oxygen atoms in total. The Morgan fingerprint density at radius 3 is 2.76 bits per heavy atom. The predicted octanol–water partition coefficient (Wildman–Crippen LogP) is 4.20. The molecule has 5 heterocycles. The monoisotopic (exact) mass is 508 g/mol. The molecule has 38 heavy (non-hydrogen) atoms. The fraction of sp³-hybridized carbons (Fsp3) is 0.310. The van der Waals surface area contributed by atoms with Crippen LogP contribution < -0.4 is 21.3 Å². The van der Waals surface area contributed by atoms with Crippen molar-refractivity contribution in [3.63, 3.8) is 0 Å². The highest BCUT2D eigenvalue weighted by atomic mass is 16.1. The third-order valence-corrected chi connectivity index (χ3v) is 7.63. The average molecular weight is 509 g/mol. The predicted molar refractivity (Wildman–Crippen MR) is 151 cm³/mol. The number of aromatic nitrogens is 3. The summed E-state index contributed by atoms with van der Waals surface area (Å²) in [5.41, 5.74) is 11.0. The molecule has 0 radical (unpaired) electrons. The summed E-state index contributed by atoms with van der Waals surface area (Å²) < 4.78 is 0. The van der Waals surface area contributed by atoms with E-state index in [2.05, 4.69) is 30.5 Å². The van der Waals surface area contributed by atoms with Crippen molar-refractivity contribution in [1.82, 2.24) is 25.6 Å². The van der Waals surface area contributed by atoms with E-state index in [-0.39, 0.29) is 23.4 Å². The number of nitrogens with two attached hydrogens (primary N) is 1. The Kier molecular flexibility index (Phi) is 6.41. The van der Waals surface area contributed by atoms with Crippen molar-refractivity contribution in [2.45, 2.75) is 38.5 Å². The topological polar surface area (TPSA) is 136 Å². The van der Waals surface area contributed by atoms with Crippen LogP contribution in [0.25, 0.3) is 16.5 Å². The number of piperidine rings is 1.